The van der Waals surface area contributed by atoms with Gasteiger partial charge in [0.1, 0.15) is 0 Å². The van der Waals surface area contributed by atoms with Crippen molar-refractivity contribution in [1.82, 2.24) is 10.1 Å². The summed E-state index contributed by atoms with van der Waals surface area (Å²) in [6.45, 7) is 0.381. The van der Waals surface area contributed by atoms with Crippen LogP contribution in [0, 0.1) is 0 Å². The predicted molar refractivity (Wildman–Crippen MR) is 95.9 cm³/mol. The Morgan fingerprint density at radius 2 is 1.75 bits per heavy atom. The molecule has 1 amide bonds. The molecule has 4 rings (SSSR count). The fraction of sp³-hybridized carbons (Fsp3) is 0.211. The largest absolute Gasteiger partial charge is 0.416 e. The molecule has 0 aliphatic carbocycles. The van der Waals surface area contributed by atoms with E-state index in [1.807, 2.05) is 0 Å². The van der Waals surface area contributed by atoms with E-state index in [1.54, 1.807) is 29.2 Å². The number of alkyl halides is 3. The molecule has 3 aromatic rings. The van der Waals surface area contributed by atoms with Crippen LogP contribution < -0.4 is 4.90 Å². The maximum absolute atomic E-state index is 12.7. The molecule has 1 fully saturated rings. The first-order valence-electron chi connectivity index (χ1n) is 8.38. The van der Waals surface area contributed by atoms with Gasteiger partial charge in [-0.15, -0.1) is 0 Å². The topological polar surface area (TPSA) is 59.2 Å². The van der Waals surface area contributed by atoms with Crippen LogP contribution in [-0.2, 0) is 11.0 Å². The monoisotopic (exact) mass is 407 g/mol. The minimum Gasteiger partial charge on any atom is -0.334 e. The number of carbonyl (C=O) groups is 1. The molecule has 2 heterocycles. The van der Waals surface area contributed by atoms with Crippen LogP contribution in [-0.4, -0.2) is 22.6 Å². The second kappa shape index (κ2) is 6.94. The van der Waals surface area contributed by atoms with Gasteiger partial charge in [-0.25, -0.2) is 0 Å². The van der Waals surface area contributed by atoms with Crippen molar-refractivity contribution in [2.75, 3.05) is 11.4 Å². The first kappa shape index (κ1) is 18.5. The zero-order valence-corrected chi connectivity index (χ0v) is 15.0. The van der Waals surface area contributed by atoms with E-state index < -0.39 is 11.7 Å². The van der Waals surface area contributed by atoms with Gasteiger partial charge in [0.25, 0.3) is 5.89 Å². The Morgan fingerprint density at radius 3 is 2.39 bits per heavy atom. The van der Waals surface area contributed by atoms with Crippen molar-refractivity contribution in [2.24, 2.45) is 0 Å². The van der Waals surface area contributed by atoms with Crippen molar-refractivity contribution < 1.29 is 22.5 Å². The maximum atomic E-state index is 12.7. The third kappa shape index (κ3) is 3.60. The van der Waals surface area contributed by atoms with Crippen LogP contribution >= 0.6 is 11.6 Å². The highest BCUT2D eigenvalue weighted by Crippen LogP contribution is 2.33. The van der Waals surface area contributed by atoms with Crippen molar-refractivity contribution in [3.05, 3.63) is 64.9 Å². The van der Waals surface area contributed by atoms with Gasteiger partial charge >= 0.3 is 6.18 Å². The van der Waals surface area contributed by atoms with Gasteiger partial charge in [0.05, 0.1) is 5.56 Å². The first-order chi connectivity index (χ1) is 13.3. The van der Waals surface area contributed by atoms with E-state index in [0.717, 1.165) is 17.8 Å². The Labute approximate surface area is 162 Å². The molecule has 0 saturated carbocycles. The highest BCUT2D eigenvalue weighted by atomic mass is 35.5. The van der Waals surface area contributed by atoms with Crippen LogP contribution in [0.4, 0.5) is 18.9 Å². The van der Waals surface area contributed by atoms with E-state index in [2.05, 4.69) is 10.1 Å². The van der Waals surface area contributed by atoms with Crippen LogP contribution in [0.3, 0.4) is 0 Å². The zero-order chi connectivity index (χ0) is 19.9. The number of anilines is 1. The molecule has 1 aliphatic rings. The second-order valence-electron chi connectivity index (χ2n) is 6.41. The molecule has 0 N–H and O–H groups in total. The third-order valence-electron chi connectivity index (χ3n) is 4.53. The average Bonchev–Trinajstić information content (AvgIpc) is 3.29. The Balaban J connectivity index is 1.52. The molecule has 1 atom stereocenters. The number of carbonyl (C=O) groups excluding carboxylic acids is 1. The predicted octanol–water partition coefficient (Wildman–Crippen LogP) is 4.93. The fourth-order valence-corrected chi connectivity index (χ4v) is 3.20. The number of benzene rings is 2. The number of hydrogen-bond acceptors (Lipinski definition) is 4. The maximum Gasteiger partial charge on any atom is 0.416 e. The van der Waals surface area contributed by atoms with Gasteiger partial charge in [-0.05, 0) is 48.5 Å². The van der Waals surface area contributed by atoms with Crippen LogP contribution in [0.1, 0.15) is 23.7 Å². The van der Waals surface area contributed by atoms with Crippen molar-refractivity contribution in [2.45, 2.75) is 18.5 Å². The summed E-state index contributed by atoms with van der Waals surface area (Å²) in [5, 5.41) is 4.49. The smallest absolute Gasteiger partial charge is 0.334 e. The first-order valence-corrected chi connectivity index (χ1v) is 8.76. The number of halogens is 4. The van der Waals surface area contributed by atoms with E-state index in [9.17, 15) is 18.0 Å². The third-order valence-corrected chi connectivity index (χ3v) is 4.78. The molecule has 0 bridgehead atoms. The molecule has 5 nitrogen and oxygen atoms in total. The summed E-state index contributed by atoms with van der Waals surface area (Å²) in [6, 6.07) is 11.4. The Bertz CT molecular complexity index is 1000. The lowest BCUT2D eigenvalue weighted by molar-refractivity contribution is -0.137. The standard InChI is InChI=1S/C19H13ClF3N3O2/c20-14-5-7-15(8-6-14)26-10-12(9-16(26)27)17-24-18(28-25-17)11-1-3-13(4-2-11)19(21,22)23/h1-8,12H,9-10H2. The molecule has 1 aliphatic heterocycles. The highest BCUT2D eigenvalue weighted by Gasteiger charge is 2.35. The van der Waals surface area contributed by atoms with Crippen LogP contribution in [0.2, 0.25) is 5.02 Å². The Morgan fingerprint density at radius 1 is 1.07 bits per heavy atom. The molecule has 144 valence electrons. The summed E-state index contributed by atoms with van der Waals surface area (Å²) in [5.41, 5.74) is 0.352. The quantitative estimate of drug-likeness (QED) is 0.617. The van der Waals surface area contributed by atoms with Gasteiger partial charge in [-0.2, -0.15) is 18.2 Å². The zero-order valence-electron chi connectivity index (χ0n) is 14.3. The molecule has 1 unspecified atom stereocenters. The molecular weight excluding hydrogens is 395 g/mol. The molecule has 0 radical (unpaired) electrons. The number of amides is 1. The van der Waals surface area contributed by atoms with Gasteiger partial charge in [0, 0.05) is 35.2 Å². The van der Waals surface area contributed by atoms with Gasteiger partial charge < -0.3 is 9.42 Å². The van der Waals surface area contributed by atoms with Crippen molar-refractivity contribution in [1.29, 1.82) is 0 Å². The molecular formula is C19H13ClF3N3O2. The second-order valence-corrected chi connectivity index (χ2v) is 6.85. The molecule has 28 heavy (non-hydrogen) atoms. The summed E-state index contributed by atoms with van der Waals surface area (Å²) in [4.78, 5) is 18.2. The van der Waals surface area contributed by atoms with E-state index in [4.69, 9.17) is 16.1 Å². The van der Waals surface area contributed by atoms with Crippen LogP contribution in [0.25, 0.3) is 11.5 Å². The summed E-state index contributed by atoms with van der Waals surface area (Å²) >= 11 is 5.88. The summed E-state index contributed by atoms with van der Waals surface area (Å²) in [5.74, 6) is 0.115. The molecule has 1 aromatic heterocycles. The van der Waals surface area contributed by atoms with Gasteiger partial charge in [-0.1, -0.05) is 16.8 Å². The summed E-state index contributed by atoms with van der Waals surface area (Å²) in [7, 11) is 0. The van der Waals surface area contributed by atoms with Crippen LogP contribution in [0.15, 0.2) is 53.1 Å². The Kier molecular flexibility index (Phi) is 4.58. The van der Waals surface area contributed by atoms with Crippen molar-refractivity contribution >= 4 is 23.2 Å². The SMILES string of the molecule is O=C1CC(c2noc(-c3ccc(C(F)(F)F)cc3)n2)CN1c1ccc(Cl)cc1. The number of aromatic nitrogens is 2. The van der Waals surface area contributed by atoms with Gasteiger partial charge in [-0.3, -0.25) is 4.79 Å². The molecule has 9 heteroatoms. The normalized spacial score (nSPS) is 17.4. The molecule has 1 saturated heterocycles. The molecule has 0 spiro atoms. The van der Waals surface area contributed by atoms with Gasteiger partial charge in [0.15, 0.2) is 5.82 Å². The fourth-order valence-electron chi connectivity index (χ4n) is 3.07. The highest BCUT2D eigenvalue weighted by molar-refractivity contribution is 6.30. The average molecular weight is 408 g/mol. The summed E-state index contributed by atoms with van der Waals surface area (Å²) in [6.07, 6.45) is -4.19. The minimum absolute atomic E-state index is 0.0757. The number of hydrogen-bond donors (Lipinski definition) is 0. The lowest BCUT2D eigenvalue weighted by Gasteiger charge is -2.16. The van der Waals surface area contributed by atoms with Crippen molar-refractivity contribution in [3.63, 3.8) is 0 Å². The molecule has 2 aromatic carbocycles. The van der Waals surface area contributed by atoms with E-state index >= 15 is 0 Å². The Hall–Kier alpha value is -2.87. The van der Waals surface area contributed by atoms with E-state index in [1.165, 1.54) is 12.1 Å². The lowest BCUT2D eigenvalue weighted by atomic mass is 10.1. The number of nitrogens with zero attached hydrogens (tertiary/aromatic N) is 3. The minimum atomic E-state index is -4.41. The lowest BCUT2D eigenvalue weighted by Crippen LogP contribution is -2.24. The van der Waals surface area contributed by atoms with Crippen molar-refractivity contribution in [3.8, 4) is 11.5 Å². The van der Waals surface area contributed by atoms with E-state index in [-0.39, 0.29) is 24.1 Å². The van der Waals surface area contributed by atoms with E-state index in [0.29, 0.717) is 23.0 Å². The number of rotatable bonds is 3. The van der Waals surface area contributed by atoms with Gasteiger partial charge in [0.2, 0.25) is 5.91 Å². The summed E-state index contributed by atoms with van der Waals surface area (Å²) < 4.78 is 43.2. The van der Waals surface area contributed by atoms with Crippen LogP contribution in [0.5, 0.6) is 0 Å².